The van der Waals surface area contributed by atoms with E-state index in [0.29, 0.717) is 10.6 Å². The fourth-order valence-electron chi connectivity index (χ4n) is 4.84. The normalized spacial score (nSPS) is 13.5. The van der Waals surface area contributed by atoms with Crippen LogP contribution in [0.3, 0.4) is 0 Å². The number of aromatic nitrogens is 1. The van der Waals surface area contributed by atoms with Crippen LogP contribution in [0.5, 0.6) is 0 Å². The van der Waals surface area contributed by atoms with Crippen LogP contribution in [0, 0.1) is 28.1 Å². The summed E-state index contributed by atoms with van der Waals surface area (Å²) < 4.78 is 0. The Morgan fingerprint density at radius 3 is 2.33 bits per heavy atom. The van der Waals surface area contributed by atoms with Gasteiger partial charge in [0.05, 0.1) is 29.2 Å². The lowest BCUT2D eigenvalue weighted by Crippen LogP contribution is -2.42. The Morgan fingerprint density at radius 2 is 1.64 bits per heavy atom. The molecule has 0 saturated carbocycles. The Labute approximate surface area is 236 Å². The average Bonchev–Trinajstić information content (AvgIpc) is 2.96. The van der Waals surface area contributed by atoms with Gasteiger partial charge in [-0.1, -0.05) is 54.1 Å². The van der Waals surface area contributed by atoms with Crippen LogP contribution in [0.15, 0.2) is 97.2 Å². The molecule has 0 radical (unpaired) electrons. The molecule has 4 rings (SSSR count). The lowest BCUT2D eigenvalue weighted by Gasteiger charge is -2.36. The maximum atomic E-state index is 10.2. The molecule has 0 spiro atoms. The largest absolute Gasteiger partial charge is 0.340 e. The van der Waals surface area contributed by atoms with Gasteiger partial charge in [0.15, 0.2) is 0 Å². The van der Waals surface area contributed by atoms with E-state index in [1.165, 1.54) is 0 Å². The van der Waals surface area contributed by atoms with Crippen LogP contribution in [-0.4, -0.2) is 11.0 Å². The summed E-state index contributed by atoms with van der Waals surface area (Å²) in [6.07, 6.45) is 2.50. The van der Waals surface area contributed by atoms with Crippen molar-refractivity contribution in [1.82, 2.24) is 10.3 Å². The minimum atomic E-state index is -0.697. The van der Waals surface area contributed by atoms with Crippen molar-refractivity contribution in [3.8, 4) is 12.1 Å². The molecule has 0 aliphatic rings. The van der Waals surface area contributed by atoms with Crippen molar-refractivity contribution in [3.63, 3.8) is 0 Å². The monoisotopic (exact) mass is 533 g/mol. The number of anilines is 2. The zero-order valence-corrected chi connectivity index (χ0v) is 23.2. The van der Waals surface area contributed by atoms with Crippen LogP contribution in [-0.2, 0) is 6.42 Å². The van der Waals surface area contributed by atoms with Gasteiger partial charge in [0.1, 0.15) is 5.82 Å². The van der Waals surface area contributed by atoms with Gasteiger partial charge in [-0.05, 0) is 92.4 Å². The molecule has 1 heterocycles. The van der Waals surface area contributed by atoms with E-state index in [0.717, 1.165) is 34.6 Å². The molecule has 0 bridgehead atoms. The van der Waals surface area contributed by atoms with Gasteiger partial charge in [-0.2, -0.15) is 10.5 Å². The van der Waals surface area contributed by atoms with Gasteiger partial charge >= 0.3 is 0 Å². The summed E-state index contributed by atoms with van der Waals surface area (Å²) in [6.45, 7) is 6.07. The van der Waals surface area contributed by atoms with Crippen LogP contribution in [0.25, 0.3) is 0 Å². The maximum absolute atomic E-state index is 10.2. The molecule has 1 unspecified atom stereocenters. The molecule has 4 aromatic rings. The molecule has 1 aromatic heterocycles. The Bertz CT molecular complexity index is 1470. The molecule has 3 aromatic carbocycles. The lowest BCUT2D eigenvalue weighted by atomic mass is 9.79. The maximum Gasteiger partial charge on any atom is 0.130 e. The van der Waals surface area contributed by atoms with Gasteiger partial charge in [0.25, 0.3) is 0 Å². The highest BCUT2D eigenvalue weighted by atomic mass is 35.5. The highest BCUT2D eigenvalue weighted by molar-refractivity contribution is 6.30. The van der Waals surface area contributed by atoms with E-state index < -0.39 is 5.41 Å². The van der Waals surface area contributed by atoms with E-state index in [-0.39, 0.29) is 18.0 Å². The van der Waals surface area contributed by atoms with Crippen molar-refractivity contribution in [2.75, 3.05) is 5.32 Å². The quantitative estimate of drug-likeness (QED) is 0.216. The number of halogens is 1. The molecule has 196 valence electrons. The van der Waals surface area contributed by atoms with Crippen molar-refractivity contribution >= 4 is 23.1 Å². The molecule has 2 N–H and O–H groups in total. The molecule has 0 amide bonds. The third-order valence-corrected chi connectivity index (χ3v) is 7.26. The average molecular weight is 534 g/mol. The smallest absolute Gasteiger partial charge is 0.130 e. The Kier molecular flexibility index (Phi) is 8.99. The van der Waals surface area contributed by atoms with Crippen molar-refractivity contribution in [2.45, 2.75) is 45.2 Å². The molecule has 39 heavy (non-hydrogen) atoms. The number of hydrogen-bond donors (Lipinski definition) is 2. The fraction of sp³-hybridized carbons (Fsp3) is 0.242. The molecule has 3 atom stereocenters. The lowest BCUT2D eigenvalue weighted by molar-refractivity contribution is 0.281. The Morgan fingerprint density at radius 1 is 0.897 bits per heavy atom. The Balaban J connectivity index is 1.67. The first-order chi connectivity index (χ1) is 18.8. The number of hydrogen-bond acceptors (Lipinski definition) is 5. The van der Waals surface area contributed by atoms with Crippen molar-refractivity contribution in [3.05, 3.63) is 124 Å². The van der Waals surface area contributed by atoms with Crippen LogP contribution in [0.4, 0.5) is 11.5 Å². The summed E-state index contributed by atoms with van der Waals surface area (Å²) in [6, 6.07) is 34.0. The van der Waals surface area contributed by atoms with Gasteiger partial charge in [0, 0.05) is 28.9 Å². The van der Waals surface area contributed by atoms with Crippen molar-refractivity contribution in [2.24, 2.45) is 5.41 Å². The third-order valence-electron chi connectivity index (χ3n) is 7.01. The van der Waals surface area contributed by atoms with E-state index in [2.05, 4.69) is 52.9 Å². The number of rotatable bonds is 10. The second-order valence-electron chi connectivity index (χ2n) is 10.4. The summed E-state index contributed by atoms with van der Waals surface area (Å²) >= 11 is 6.15. The number of pyridine rings is 1. The summed E-state index contributed by atoms with van der Waals surface area (Å²) in [4.78, 5) is 4.37. The van der Waals surface area contributed by atoms with Gasteiger partial charge < -0.3 is 10.6 Å². The van der Waals surface area contributed by atoms with E-state index >= 15 is 0 Å². The summed E-state index contributed by atoms with van der Waals surface area (Å²) in [5.74, 6) is 0.804. The van der Waals surface area contributed by atoms with Crippen LogP contribution < -0.4 is 10.6 Å². The second-order valence-corrected chi connectivity index (χ2v) is 10.8. The topological polar surface area (TPSA) is 84.5 Å². The summed E-state index contributed by atoms with van der Waals surface area (Å²) in [5.41, 5.74) is 4.06. The molecule has 0 aliphatic heterocycles. The second kappa shape index (κ2) is 12.6. The highest BCUT2D eigenvalue weighted by Crippen LogP contribution is 2.37. The van der Waals surface area contributed by atoms with E-state index in [9.17, 15) is 10.5 Å². The zero-order chi connectivity index (χ0) is 27.8. The van der Waals surface area contributed by atoms with Crippen LogP contribution in [0.1, 0.15) is 55.0 Å². The summed E-state index contributed by atoms with van der Waals surface area (Å²) in [7, 11) is 0. The molecule has 0 fully saturated rings. The molecular weight excluding hydrogens is 502 g/mol. The SMILES string of the molecule is C[C@H](N[C@@H](c1cccc(Nc2ccccn2)c1)C(C)(C)C#N)C(Cc1ccc(Cl)cc1)c1cccc(C#N)c1. The van der Waals surface area contributed by atoms with Crippen molar-refractivity contribution in [1.29, 1.82) is 10.5 Å². The van der Waals surface area contributed by atoms with Gasteiger partial charge in [-0.25, -0.2) is 4.98 Å². The van der Waals surface area contributed by atoms with Gasteiger partial charge in [-0.3, -0.25) is 0 Å². The van der Waals surface area contributed by atoms with Crippen LogP contribution >= 0.6 is 11.6 Å². The first-order valence-electron chi connectivity index (χ1n) is 13.0. The predicted molar refractivity (Wildman–Crippen MR) is 158 cm³/mol. The molecular formula is C33H32ClN5. The Hall–Kier alpha value is -4.16. The van der Waals surface area contributed by atoms with E-state index in [4.69, 9.17) is 11.6 Å². The van der Waals surface area contributed by atoms with Gasteiger partial charge in [0.2, 0.25) is 0 Å². The number of nitrogens with zero attached hydrogens (tertiary/aromatic N) is 3. The zero-order valence-electron chi connectivity index (χ0n) is 22.4. The molecule has 0 saturated heterocycles. The third kappa shape index (κ3) is 7.24. The van der Waals surface area contributed by atoms with E-state index in [1.54, 1.807) is 6.20 Å². The highest BCUT2D eigenvalue weighted by Gasteiger charge is 2.34. The van der Waals surface area contributed by atoms with Gasteiger partial charge in [-0.15, -0.1) is 0 Å². The van der Waals surface area contributed by atoms with Crippen molar-refractivity contribution < 1.29 is 0 Å². The molecule has 5 nitrogen and oxygen atoms in total. The fourth-order valence-corrected chi connectivity index (χ4v) is 4.97. The number of nitrogens with one attached hydrogen (secondary N) is 2. The molecule has 6 heteroatoms. The number of nitriles is 2. The summed E-state index contributed by atoms with van der Waals surface area (Å²) in [5, 5.41) is 27.6. The van der Waals surface area contributed by atoms with E-state index in [1.807, 2.05) is 86.6 Å². The minimum absolute atomic E-state index is 0.0281. The molecule has 0 aliphatic carbocycles. The standard InChI is InChI=1S/C33H32ClN5/c1-23(30(19-24-13-15-28(34)16-14-24)26-9-6-8-25(18-26)21-35)38-32(33(2,3)22-36)27-10-7-11-29(20-27)39-31-12-4-5-17-37-31/h4-18,20,23,30,32,38H,19H2,1-3H3,(H,37,39)/t23-,30?,32-/m0/s1. The number of benzene rings is 3. The minimum Gasteiger partial charge on any atom is -0.340 e. The first-order valence-corrected chi connectivity index (χ1v) is 13.4. The first kappa shape index (κ1) is 27.9. The predicted octanol–water partition coefficient (Wildman–Crippen LogP) is 7.95. The van der Waals surface area contributed by atoms with Crippen LogP contribution in [0.2, 0.25) is 5.02 Å².